The summed E-state index contributed by atoms with van der Waals surface area (Å²) in [7, 11) is 1.78. The van der Waals surface area contributed by atoms with Crippen LogP contribution < -0.4 is 10.9 Å². The van der Waals surface area contributed by atoms with Gasteiger partial charge in [0.1, 0.15) is 5.82 Å². The number of nitrogens with one attached hydrogen (secondary N) is 1. The zero-order chi connectivity index (χ0) is 18.3. The van der Waals surface area contributed by atoms with Crippen LogP contribution in [0, 0.1) is 6.92 Å². The number of hydrogen-bond acceptors (Lipinski definition) is 5. The van der Waals surface area contributed by atoms with Crippen molar-refractivity contribution >= 4 is 17.3 Å². The summed E-state index contributed by atoms with van der Waals surface area (Å²) in [6.07, 6.45) is 11.5. The molecule has 0 radical (unpaired) electrons. The Morgan fingerprint density at radius 2 is 2.19 bits per heavy atom. The van der Waals surface area contributed by atoms with Crippen molar-refractivity contribution in [1.82, 2.24) is 19.4 Å². The highest BCUT2D eigenvalue weighted by molar-refractivity contribution is 6.03. The predicted octanol–water partition coefficient (Wildman–Crippen LogP) is 1.28. The van der Waals surface area contributed by atoms with Gasteiger partial charge in [-0.2, -0.15) is 14.9 Å². The molecule has 8 heteroatoms. The molecule has 26 heavy (non-hydrogen) atoms. The number of fused-ring (bicyclic) bond motifs is 3. The lowest BCUT2D eigenvalue weighted by Crippen LogP contribution is -2.26. The first-order valence-electron chi connectivity index (χ1n) is 8.37. The first-order valence-corrected chi connectivity index (χ1v) is 8.37. The molecule has 2 aromatic rings. The van der Waals surface area contributed by atoms with Crippen LogP contribution in [0.1, 0.15) is 29.4 Å². The number of anilines is 1. The molecule has 0 saturated carbocycles. The summed E-state index contributed by atoms with van der Waals surface area (Å²) in [6.45, 7) is 1.80. The van der Waals surface area contributed by atoms with Gasteiger partial charge in [-0.05, 0) is 19.4 Å². The molecule has 0 bridgehead atoms. The maximum absolute atomic E-state index is 12.8. The fraction of sp³-hybridized carbons (Fsp3) is 0.278. The van der Waals surface area contributed by atoms with E-state index in [9.17, 15) is 9.59 Å². The number of carbonyl (C=O) groups excluding carboxylic acids is 1. The fourth-order valence-corrected chi connectivity index (χ4v) is 3.17. The van der Waals surface area contributed by atoms with Crippen LogP contribution in [0.4, 0.5) is 5.69 Å². The van der Waals surface area contributed by atoms with Crippen LogP contribution in [-0.2, 0) is 18.3 Å². The maximum Gasteiger partial charge on any atom is 0.277 e. The number of allylic oxidation sites excluding steroid dienone is 4. The predicted molar refractivity (Wildman–Crippen MR) is 97.2 cm³/mol. The van der Waals surface area contributed by atoms with Gasteiger partial charge in [0.05, 0.1) is 23.5 Å². The second-order valence-electron chi connectivity index (χ2n) is 6.35. The van der Waals surface area contributed by atoms with Crippen LogP contribution in [0.5, 0.6) is 0 Å². The lowest BCUT2D eigenvalue weighted by Gasteiger charge is -2.11. The van der Waals surface area contributed by atoms with Gasteiger partial charge in [-0.15, -0.1) is 0 Å². The molecule has 132 valence electrons. The highest BCUT2D eigenvalue weighted by atomic mass is 16.2. The number of rotatable bonds is 4. The molecule has 3 heterocycles. The first-order chi connectivity index (χ1) is 12.5. The summed E-state index contributed by atoms with van der Waals surface area (Å²) in [5, 5.41) is 11.2. The molecule has 1 aliphatic carbocycles. The van der Waals surface area contributed by atoms with Gasteiger partial charge in [0.25, 0.3) is 5.56 Å². The SMILES string of the molecule is Cc1nc2n(c(=O)c1CCC(=O)Nc1cnn(C)c1)N=C1C=CC=CC12. The summed E-state index contributed by atoms with van der Waals surface area (Å²) in [6, 6.07) is 0. The summed E-state index contributed by atoms with van der Waals surface area (Å²) in [5.74, 6) is 0.383. The van der Waals surface area contributed by atoms with Gasteiger partial charge in [-0.25, -0.2) is 4.98 Å². The van der Waals surface area contributed by atoms with E-state index in [-0.39, 0.29) is 23.8 Å². The first kappa shape index (κ1) is 16.2. The molecule has 2 aromatic heterocycles. The van der Waals surface area contributed by atoms with Crippen LogP contribution >= 0.6 is 0 Å². The van der Waals surface area contributed by atoms with Crippen molar-refractivity contribution in [2.24, 2.45) is 12.1 Å². The molecule has 1 atom stereocenters. The van der Waals surface area contributed by atoms with E-state index in [0.29, 0.717) is 29.2 Å². The standard InChI is InChI=1S/C18H18N6O2/c1-11-13(7-8-16(25)21-12-9-19-23(2)10-12)18(26)24-17(20-11)14-5-3-4-6-15(14)22-24/h3-6,9-10,14H,7-8H2,1-2H3,(H,21,25). The van der Waals surface area contributed by atoms with Crippen LogP contribution in [-0.4, -0.2) is 31.1 Å². The normalized spacial score (nSPS) is 17.0. The lowest BCUT2D eigenvalue weighted by atomic mass is 9.98. The van der Waals surface area contributed by atoms with Crippen molar-refractivity contribution < 1.29 is 4.79 Å². The monoisotopic (exact) mass is 350 g/mol. The largest absolute Gasteiger partial charge is 0.323 e. The van der Waals surface area contributed by atoms with E-state index >= 15 is 0 Å². The topological polar surface area (TPSA) is 94.2 Å². The van der Waals surface area contributed by atoms with E-state index in [0.717, 1.165) is 5.71 Å². The fourth-order valence-electron chi connectivity index (χ4n) is 3.17. The lowest BCUT2D eigenvalue weighted by molar-refractivity contribution is -0.116. The minimum atomic E-state index is -0.203. The van der Waals surface area contributed by atoms with Crippen LogP contribution in [0.3, 0.4) is 0 Å². The van der Waals surface area contributed by atoms with Crippen molar-refractivity contribution in [3.05, 3.63) is 64.1 Å². The molecule has 1 amide bonds. The highest BCUT2D eigenvalue weighted by Crippen LogP contribution is 2.26. The van der Waals surface area contributed by atoms with Crippen molar-refractivity contribution in [2.45, 2.75) is 25.7 Å². The molecule has 0 aromatic carbocycles. The van der Waals surface area contributed by atoms with Gasteiger partial charge >= 0.3 is 0 Å². The Hall–Kier alpha value is -3.29. The molecular formula is C18H18N6O2. The molecule has 0 spiro atoms. The summed E-state index contributed by atoms with van der Waals surface area (Å²) < 4.78 is 2.97. The van der Waals surface area contributed by atoms with E-state index in [1.165, 1.54) is 4.68 Å². The smallest absolute Gasteiger partial charge is 0.277 e. The maximum atomic E-state index is 12.8. The highest BCUT2D eigenvalue weighted by Gasteiger charge is 2.29. The molecule has 1 unspecified atom stereocenters. The summed E-state index contributed by atoms with van der Waals surface area (Å²) in [5.41, 5.74) is 2.40. The number of carbonyl (C=O) groups is 1. The van der Waals surface area contributed by atoms with E-state index < -0.39 is 0 Å². The number of amides is 1. The van der Waals surface area contributed by atoms with Gasteiger partial charge in [0.15, 0.2) is 0 Å². The van der Waals surface area contributed by atoms with Crippen molar-refractivity contribution in [3.8, 4) is 0 Å². The molecule has 0 fully saturated rings. The van der Waals surface area contributed by atoms with Gasteiger partial charge in [0, 0.05) is 30.9 Å². The van der Waals surface area contributed by atoms with Crippen LogP contribution in [0.25, 0.3) is 0 Å². The van der Waals surface area contributed by atoms with E-state index in [1.807, 2.05) is 24.3 Å². The average molecular weight is 350 g/mol. The molecule has 8 nitrogen and oxygen atoms in total. The number of aryl methyl sites for hydroxylation is 2. The third-order valence-corrected chi connectivity index (χ3v) is 4.47. The van der Waals surface area contributed by atoms with Gasteiger partial charge < -0.3 is 5.32 Å². The van der Waals surface area contributed by atoms with Crippen molar-refractivity contribution in [3.63, 3.8) is 0 Å². The molecular weight excluding hydrogens is 332 g/mol. The zero-order valence-electron chi connectivity index (χ0n) is 14.5. The van der Waals surface area contributed by atoms with Crippen molar-refractivity contribution in [2.75, 3.05) is 5.32 Å². The Morgan fingerprint density at radius 1 is 1.35 bits per heavy atom. The molecule has 1 N–H and O–H groups in total. The molecule has 4 rings (SSSR count). The Morgan fingerprint density at radius 3 is 2.96 bits per heavy atom. The summed E-state index contributed by atoms with van der Waals surface area (Å²) >= 11 is 0. The molecule has 2 aliphatic rings. The summed E-state index contributed by atoms with van der Waals surface area (Å²) in [4.78, 5) is 29.5. The van der Waals surface area contributed by atoms with Crippen LogP contribution in [0.15, 0.2) is 46.6 Å². The van der Waals surface area contributed by atoms with Crippen LogP contribution in [0.2, 0.25) is 0 Å². The third kappa shape index (κ3) is 2.79. The Kier molecular flexibility index (Phi) is 3.87. The quantitative estimate of drug-likeness (QED) is 0.899. The second-order valence-corrected chi connectivity index (χ2v) is 6.35. The Balaban J connectivity index is 1.54. The minimum absolute atomic E-state index is 0.0747. The van der Waals surface area contributed by atoms with E-state index in [4.69, 9.17) is 0 Å². The van der Waals surface area contributed by atoms with E-state index in [1.54, 1.807) is 31.0 Å². The van der Waals surface area contributed by atoms with Gasteiger partial charge in [-0.1, -0.05) is 18.2 Å². The second kappa shape index (κ2) is 6.21. The number of hydrogen-bond donors (Lipinski definition) is 1. The number of nitrogens with zero attached hydrogens (tertiary/aromatic N) is 5. The minimum Gasteiger partial charge on any atom is -0.323 e. The average Bonchev–Trinajstić information content (AvgIpc) is 3.18. The van der Waals surface area contributed by atoms with Crippen molar-refractivity contribution in [1.29, 1.82) is 0 Å². The van der Waals surface area contributed by atoms with E-state index in [2.05, 4.69) is 20.5 Å². The molecule has 0 saturated heterocycles. The van der Waals surface area contributed by atoms with Gasteiger partial charge in [-0.3, -0.25) is 14.3 Å². The Bertz CT molecular complexity index is 1040. The van der Waals surface area contributed by atoms with Gasteiger partial charge in [0.2, 0.25) is 5.91 Å². The Labute approximate surface area is 149 Å². The number of aromatic nitrogens is 4. The molecule has 1 aliphatic heterocycles. The zero-order valence-corrected chi connectivity index (χ0v) is 14.5. The third-order valence-electron chi connectivity index (χ3n) is 4.47.